The Kier molecular flexibility index (Phi) is 5.04. The number of pyridine rings is 1. The number of hydrogen-bond acceptors (Lipinski definition) is 2. The van der Waals surface area contributed by atoms with E-state index in [9.17, 15) is 0 Å². The Labute approximate surface area is 96.5 Å². The first-order chi connectivity index (χ1) is 7.25. The van der Waals surface area contributed by atoms with E-state index in [0.717, 1.165) is 23.8 Å². The van der Waals surface area contributed by atoms with Crippen LogP contribution in [0.25, 0.3) is 0 Å². The maximum absolute atomic E-state index is 5.26. The van der Waals surface area contributed by atoms with Crippen LogP contribution in [0.4, 0.5) is 5.69 Å². The Hall–Kier alpha value is -1.16. The van der Waals surface area contributed by atoms with E-state index in [-0.39, 0.29) is 0 Å². The topological polar surface area (TPSA) is 28.2 Å². The highest BCUT2D eigenvalue weighted by molar-refractivity contribution is 7.80. The number of aromatic nitrogens is 1. The van der Waals surface area contributed by atoms with Gasteiger partial charge in [0, 0.05) is 19.8 Å². The van der Waals surface area contributed by atoms with E-state index in [2.05, 4.69) is 17.2 Å². The van der Waals surface area contributed by atoms with Gasteiger partial charge in [-0.05, 0) is 30.8 Å². The summed E-state index contributed by atoms with van der Waals surface area (Å²) in [6.45, 7) is 3.09. The van der Waals surface area contributed by atoms with Gasteiger partial charge in [0.25, 0.3) is 0 Å². The minimum atomic E-state index is 0.747. The van der Waals surface area contributed by atoms with Crippen molar-refractivity contribution >= 4 is 23.0 Å². The quantitative estimate of drug-likeness (QED) is 0.625. The number of unbranched alkanes of at least 4 members (excludes halogenated alkanes) is 1. The van der Waals surface area contributed by atoms with Gasteiger partial charge in [0.05, 0.1) is 11.9 Å². The Morgan fingerprint density at radius 2 is 2.40 bits per heavy atom. The number of anilines is 1. The van der Waals surface area contributed by atoms with Gasteiger partial charge in [-0.1, -0.05) is 13.3 Å². The monoisotopic (exact) mass is 223 g/mol. The lowest BCUT2D eigenvalue weighted by Gasteiger charge is -2.20. The minimum Gasteiger partial charge on any atom is -0.362 e. The van der Waals surface area contributed by atoms with Gasteiger partial charge in [0.15, 0.2) is 5.11 Å². The smallest absolute Gasteiger partial charge is 0.173 e. The molecule has 0 radical (unpaired) electrons. The average molecular weight is 223 g/mol. The van der Waals surface area contributed by atoms with Crippen molar-refractivity contribution in [1.29, 1.82) is 0 Å². The van der Waals surface area contributed by atoms with Gasteiger partial charge < -0.3 is 10.2 Å². The normalized spacial score (nSPS) is 9.73. The van der Waals surface area contributed by atoms with E-state index < -0.39 is 0 Å². The number of nitrogens with one attached hydrogen (secondary N) is 1. The molecule has 1 heterocycles. The number of rotatable bonds is 4. The molecule has 0 aliphatic rings. The van der Waals surface area contributed by atoms with E-state index in [0.29, 0.717) is 0 Å². The van der Waals surface area contributed by atoms with Crippen LogP contribution in [0.5, 0.6) is 0 Å². The van der Waals surface area contributed by atoms with Crippen molar-refractivity contribution in [2.45, 2.75) is 19.8 Å². The van der Waals surface area contributed by atoms with Crippen LogP contribution in [0.2, 0.25) is 0 Å². The van der Waals surface area contributed by atoms with E-state index in [1.54, 1.807) is 12.4 Å². The van der Waals surface area contributed by atoms with Gasteiger partial charge in [-0.25, -0.2) is 0 Å². The van der Waals surface area contributed by atoms with Crippen molar-refractivity contribution in [3.8, 4) is 0 Å². The zero-order chi connectivity index (χ0) is 11.1. The molecule has 0 aliphatic carbocycles. The van der Waals surface area contributed by atoms with E-state index in [1.165, 1.54) is 6.42 Å². The third-order valence-electron chi connectivity index (χ3n) is 2.14. The first-order valence-corrected chi connectivity index (χ1v) is 5.58. The second kappa shape index (κ2) is 6.35. The summed E-state index contributed by atoms with van der Waals surface area (Å²) < 4.78 is 0. The summed E-state index contributed by atoms with van der Waals surface area (Å²) in [6, 6.07) is 3.89. The molecular formula is C11H17N3S. The molecule has 1 N–H and O–H groups in total. The molecule has 1 aromatic rings. The maximum atomic E-state index is 5.26. The van der Waals surface area contributed by atoms with Crippen LogP contribution in [0.3, 0.4) is 0 Å². The number of thiocarbonyl (C=S) groups is 1. The molecular weight excluding hydrogens is 206 g/mol. The summed E-state index contributed by atoms with van der Waals surface area (Å²) in [5.74, 6) is 0. The summed E-state index contributed by atoms with van der Waals surface area (Å²) in [5, 5.41) is 3.96. The first-order valence-electron chi connectivity index (χ1n) is 5.17. The maximum Gasteiger partial charge on any atom is 0.173 e. The molecule has 3 nitrogen and oxygen atoms in total. The average Bonchev–Trinajstić information content (AvgIpc) is 2.29. The minimum absolute atomic E-state index is 0.747. The fourth-order valence-corrected chi connectivity index (χ4v) is 1.37. The second-order valence-electron chi connectivity index (χ2n) is 3.36. The molecule has 0 spiro atoms. The van der Waals surface area contributed by atoms with Crippen molar-refractivity contribution in [2.24, 2.45) is 0 Å². The molecule has 0 atom stereocenters. The molecule has 15 heavy (non-hydrogen) atoms. The lowest BCUT2D eigenvalue weighted by atomic mass is 10.3. The molecule has 0 aliphatic heterocycles. The van der Waals surface area contributed by atoms with Crippen LogP contribution in [0.15, 0.2) is 24.5 Å². The van der Waals surface area contributed by atoms with Crippen LogP contribution >= 0.6 is 12.2 Å². The Bertz CT molecular complexity index is 300. The highest BCUT2D eigenvalue weighted by Crippen LogP contribution is 2.08. The van der Waals surface area contributed by atoms with Crippen molar-refractivity contribution in [1.82, 2.24) is 10.3 Å². The Morgan fingerprint density at radius 3 is 3.00 bits per heavy atom. The molecule has 1 rings (SSSR count). The molecule has 0 saturated carbocycles. The van der Waals surface area contributed by atoms with Gasteiger partial charge >= 0.3 is 0 Å². The van der Waals surface area contributed by atoms with Crippen LogP contribution < -0.4 is 10.2 Å². The van der Waals surface area contributed by atoms with Gasteiger partial charge in [-0.3, -0.25) is 4.98 Å². The first kappa shape index (κ1) is 11.9. The predicted molar refractivity (Wildman–Crippen MR) is 68.1 cm³/mol. The van der Waals surface area contributed by atoms with Crippen molar-refractivity contribution in [3.05, 3.63) is 24.5 Å². The third kappa shape index (κ3) is 3.83. The summed E-state index contributed by atoms with van der Waals surface area (Å²) >= 11 is 5.26. The van der Waals surface area contributed by atoms with Gasteiger partial charge in [0.2, 0.25) is 0 Å². The van der Waals surface area contributed by atoms with Crippen LogP contribution in [0, 0.1) is 0 Å². The Balaban J connectivity index is 2.46. The lowest BCUT2D eigenvalue weighted by molar-refractivity contribution is 0.754. The molecule has 0 saturated heterocycles. The number of hydrogen-bond donors (Lipinski definition) is 1. The number of nitrogens with zero attached hydrogens (tertiary/aromatic N) is 2. The van der Waals surface area contributed by atoms with Crippen LogP contribution in [0.1, 0.15) is 19.8 Å². The molecule has 4 heteroatoms. The van der Waals surface area contributed by atoms with Crippen molar-refractivity contribution in [3.63, 3.8) is 0 Å². The van der Waals surface area contributed by atoms with E-state index in [1.807, 2.05) is 24.1 Å². The zero-order valence-corrected chi connectivity index (χ0v) is 10.0. The summed E-state index contributed by atoms with van der Waals surface area (Å²) in [6.07, 6.45) is 5.87. The van der Waals surface area contributed by atoms with Gasteiger partial charge in [-0.2, -0.15) is 0 Å². The van der Waals surface area contributed by atoms with Crippen LogP contribution in [-0.2, 0) is 0 Å². The van der Waals surface area contributed by atoms with Crippen molar-refractivity contribution < 1.29 is 0 Å². The van der Waals surface area contributed by atoms with Crippen LogP contribution in [-0.4, -0.2) is 23.7 Å². The highest BCUT2D eigenvalue weighted by Gasteiger charge is 2.04. The standard InChI is InChI=1S/C11H17N3S/c1-3-4-8-13-11(15)14(2)10-6-5-7-12-9-10/h5-7,9H,3-4,8H2,1-2H3,(H,13,15). The molecule has 82 valence electrons. The van der Waals surface area contributed by atoms with Gasteiger partial charge in [-0.15, -0.1) is 0 Å². The lowest BCUT2D eigenvalue weighted by Crippen LogP contribution is -2.37. The molecule has 0 amide bonds. The summed E-state index contributed by atoms with van der Waals surface area (Å²) in [5.41, 5.74) is 1.01. The molecule has 0 fully saturated rings. The fourth-order valence-electron chi connectivity index (χ4n) is 1.16. The zero-order valence-electron chi connectivity index (χ0n) is 9.23. The van der Waals surface area contributed by atoms with E-state index in [4.69, 9.17) is 12.2 Å². The molecule has 0 unspecified atom stereocenters. The molecule has 0 bridgehead atoms. The van der Waals surface area contributed by atoms with Crippen molar-refractivity contribution in [2.75, 3.05) is 18.5 Å². The highest BCUT2D eigenvalue weighted by atomic mass is 32.1. The predicted octanol–water partition coefficient (Wildman–Crippen LogP) is 2.19. The molecule has 1 aromatic heterocycles. The SMILES string of the molecule is CCCCNC(=S)N(C)c1cccnc1. The van der Waals surface area contributed by atoms with E-state index >= 15 is 0 Å². The summed E-state index contributed by atoms with van der Waals surface area (Å²) in [7, 11) is 1.94. The van der Waals surface area contributed by atoms with Gasteiger partial charge in [0.1, 0.15) is 0 Å². The molecule has 0 aromatic carbocycles. The largest absolute Gasteiger partial charge is 0.362 e. The summed E-state index contributed by atoms with van der Waals surface area (Å²) in [4.78, 5) is 5.98. The second-order valence-corrected chi connectivity index (χ2v) is 3.74. The Morgan fingerprint density at radius 1 is 1.60 bits per heavy atom. The third-order valence-corrected chi connectivity index (χ3v) is 2.56. The fraction of sp³-hybridized carbons (Fsp3) is 0.455.